The minimum atomic E-state index is -4.58. The highest BCUT2D eigenvalue weighted by Gasteiger charge is 2.33. The Hall–Kier alpha value is -3.06. The molecule has 1 aromatic heterocycles. The first-order valence-corrected chi connectivity index (χ1v) is 9.07. The van der Waals surface area contributed by atoms with Crippen molar-refractivity contribution in [2.45, 2.75) is 19.0 Å². The van der Waals surface area contributed by atoms with Crippen molar-refractivity contribution in [2.24, 2.45) is 0 Å². The molecule has 0 aliphatic rings. The van der Waals surface area contributed by atoms with Crippen molar-refractivity contribution in [3.8, 4) is 11.1 Å². The van der Waals surface area contributed by atoms with Gasteiger partial charge in [-0.3, -0.25) is 4.79 Å². The van der Waals surface area contributed by atoms with Crippen molar-refractivity contribution in [2.75, 3.05) is 11.1 Å². The summed E-state index contributed by atoms with van der Waals surface area (Å²) in [6.45, 7) is 0. The number of amides is 1. The topological polar surface area (TPSA) is 68.0 Å². The van der Waals surface area contributed by atoms with E-state index >= 15 is 0 Å². The molecule has 3 rings (SSSR count). The fourth-order valence-corrected chi connectivity index (χ4v) is 2.97. The zero-order chi connectivity index (χ0) is 21.0. The SMILES string of the molecule is Nc1ccc(-c2ccc(CCC(=O)Nc3ccc(Cl)c(C(F)(F)F)c3)cc2)cn1. The average Bonchev–Trinajstić information content (AvgIpc) is 2.68. The number of aryl methyl sites for hydroxylation is 1. The highest BCUT2D eigenvalue weighted by molar-refractivity contribution is 6.31. The number of aromatic nitrogens is 1. The average molecular weight is 420 g/mol. The maximum atomic E-state index is 12.9. The Morgan fingerprint density at radius 3 is 2.34 bits per heavy atom. The van der Waals surface area contributed by atoms with Gasteiger partial charge in [0.25, 0.3) is 0 Å². The quantitative estimate of drug-likeness (QED) is 0.567. The number of rotatable bonds is 5. The maximum absolute atomic E-state index is 12.9. The molecule has 4 nitrogen and oxygen atoms in total. The summed E-state index contributed by atoms with van der Waals surface area (Å²) in [6, 6.07) is 14.5. The van der Waals surface area contributed by atoms with Gasteiger partial charge in [0, 0.05) is 23.9 Å². The summed E-state index contributed by atoms with van der Waals surface area (Å²) in [5, 5.41) is 2.07. The van der Waals surface area contributed by atoms with Gasteiger partial charge in [-0.25, -0.2) is 4.98 Å². The van der Waals surface area contributed by atoms with Crippen molar-refractivity contribution in [1.29, 1.82) is 0 Å². The van der Waals surface area contributed by atoms with Crippen LogP contribution < -0.4 is 11.1 Å². The number of nitrogen functional groups attached to an aromatic ring is 1. The summed E-state index contributed by atoms with van der Waals surface area (Å²) < 4.78 is 38.7. The van der Waals surface area contributed by atoms with Crippen LogP contribution >= 0.6 is 11.6 Å². The van der Waals surface area contributed by atoms with Crippen LogP contribution in [0, 0.1) is 0 Å². The highest BCUT2D eigenvalue weighted by atomic mass is 35.5. The normalized spacial score (nSPS) is 11.3. The number of pyridine rings is 1. The van der Waals surface area contributed by atoms with Crippen LogP contribution in [0.1, 0.15) is 17.5 Å². The van der Waals surface area contributed by atoms with Gasteiger partial charge in [-0.1, -0.05) is 35.9 Å². The zero-order valence-electron chi connectivity index (χ0n) is 15.1. The number of nitrogens with zero attached hydrogens (tertiary/aromatic N) is 1. The second kappa shape index (κ2) is 8.53. The Kier molecular flexibility index (Phi) is 6.08. The van der Waals surface area contributed by atoms with E-state index in [4.69, 9.17) is 17.3 Å². The zero-order valence-corrected chi connectivity index (χ0v) is 15.9. The van der Waals surface area contributed by atoms with Gasteiger partial charge in [0.2, 0.25) is 5.91 Å². The van der Waals surface area contributed by atoms with Gasteiger partial charge in [0.1, 0.15) is 5.82 Å². The fourth-order valence-electron chi connectivity index (χ4n) is 2.74. The predicted molar refractivity (Wildman–Crippen MR) is 107 cm³/mol. The van der Waals surface area contributed by atoms with Crippen LogP contribution in [-0.4, -0.2) is 10.9 Å². The Morgan fingerprint density at radius 2 is 1.72 bits per heavy atom. The van der Waals surface area contributed by atoms with Crippen LogP contribution in [0.2, 0.25) is 5.02 Å². The lowest BCUT2D eigenvalue weighted by molar-refractivity contribution is -0.137. The Bertz CT molecular complexity index is 1000. The van der Waals surface area contributed by atoms with Gasteiger partial charge >= 0.3 is 6.18 Å². The molecule has 0 unspecified atom stereocenters. The Labute approximate surface area is 170 Å². The lowest BCUT2D eigenvalue weighted by atomic mass is 10.0. The van der Waals surface area contributed by atoms with E-state index in [1.54, 1.807) is 12.3 Å². The molecule has 0 saturated heterocycles. The molecule has 0 aliphatic heterocycles. The molecule has 1 heterocycles. The largest absolute Gasteiger partial charge is 0.417 e. The van der Waals surface area contributed by atoms with Crippen molar-refractivity contribution < 1.29 is 18.0 Å². The fraction of sp³-hybridized carbons (Fsp3) is 0.143. The molecule has 150 valence electrons. The summed E-state index contributed by atoms with van der Waals surface area (Å²) in [5.41, 5.74) is 7.47. The van der Waals surface area contributed by atoms with E-state index in [2.05, 4.69) is 10.3 Å². The Balaban J connectivity index is 1.59. The van der Waals surface area contributed by atoms with Gasteiger partial charge in [-0.05, 0) is 47.9 Å². The third kappa shape index (κ3) is 5.48. The second-order valence-corrected chi connectivity index (χ2v) is 6.82. The van der Waals surface area contributed by atoms with Crippen LogP contribution in [0.5, 0.6) is 0 Å². The summed E-state index contributed by atoms with van der Waals surface area (Å²) >= 11 is 5.58. The standard InChI is InChI=1S/C21H17ClF3N3O/c22-18-8-7-16(11-17(18)21(23,24)25)28-20(29)10-3-13-1-4-14(5-2-13)15-6-9-19(26)27-12-15/h1-2,4-9,11-12H,3,10H2,(H2,26,27)(H,28,29). The number of hydrogen-bond donors (Lipinski definition) is 2. The number of nitrogens with two attached hydrogens (primary N) is 1. The molecule has 0 aliphatic carbocycles. The van der Waals surface area contributed by atoms with Crippen molar-refractivity contribution >= 4 is 29.0 Å². The molecule has 0 radical (unpaired) electrons. The van der Waals surface area contributed by atoms with Crippen LogP contribution in [0.15, 0.2) is 60.8 Å². The molecular formula is C21H17ClF3N3O. The molecular weight excluding hydrogens is 403 g/mol. The molecule has 8 heteroatoms. The minimum absolute atomic E-state index is 0.0536. The summed E-state index contributed by atoms with van der Waals surface area (Å²) in [7, 11) is 0. The molecule has 0 bridgehead atoms. The number of alkyl halides is 3. The second-order valence-electron chi connectivity index (χ2n) is 6.41. The lowest BCUT2D eigenvalue weighted by Gasteiger charge is -2.12. The van der Waals surface area contributed by atoms with E-state index in [1.165, 1.54) is 6.07 Å². The first kappa shape index (κ1) is 20.7. The van der Waals surface area contributed by atoms with E-state index < -0.39 is 16.8 Å². The Morgan fingerprint density at radius 1 is 1.03 bits per heavy atom. The first-order valence-electron chi connectivity index (χ1n) is 8.70. The third-order valence-electron chi connectivity index (χ3n) is 4.27. The molecule has 0 atom stereocenters. The molecule has 29 heavy (non-hydrogen) atoms. The van der Waals surface area contributed by atoms with Crippen LogP contribution in [0.4, 0.5) is 24.7 Å². The van der Waals surface area contributed by atoms with Crippen LogP contribution in [-0.2, 0) is 17.4 Å². The van der Waals surface area contributed by atoms with Gasteiger partial charge in [-0.15, -0.1) is 0 Å². The molecule has 3 aromatic rings. The van der Waals surface area contributed by atoms with E-state index in [9.17, 15) is 18.0 Å². The van der Waals surface area contributed by atoms with Crippen LogP contribution in [0.25, 0.3) is 11.1 Å². The lowest BCUT2D eigenvalue weighted by Crippen LogP contribution is -2.14. The predicted octanol–water partition coefficient (Wildman–Crippen LogP) is 5.57. The van der Waals surface area contributed by atoms with Gasteiger partial charge in [-0.2, -0.15) is 13.2 Å². The van der Waals surface area contributed by atoms with E-state index in [-0.39, 0.29) is 18.0 Å². The van der Waals surface area contributed by atoms with Crippen LogP contribution in [0.3, 0.4) is 0 Å². The molecule has 2 aromatic carbocycles. The molecule has 0 saturated carbocycles. The molecule has 1 amide bonds. The summed E-state index contributed by atoms with van der Waals surface area (Å²) in [6.07, 6.45) is -2.32. The number of nitrogens with one attached hydrogen (secondary N) is 1. The molecule has 0 spiro atoms. The van der Waals surface area contributed by atoms with E-state index in [0.29, 0.717) is 12.2 Å². The minimum Gasteiger partial charge on any atom is -0.384 e. The number of hydrogen-bond acceptors (Lipinski definition) is 3. The monoisotopic (exact) mass is 419 g/mol. The van der Waals surface area contributed by atoms with Gasteiger partial charge < -0.3 is 11.1 Å². The van der Waals surface area contributed by atoms with Gasteiger partial charge in [0.05, 0.1) is 10.6 Å². The third-order valence-corrected chi connectivity index (χ3v) is 4.60. The summed E-state index contributed by atoms with van der Waals surface area (Å²) in [5.74, 6) is 0.0617. The maximum Gasteiger partial charge on any atom is 0.417 e. The van der Waals surface area contributed by atoms with Gasteiger partial charge in [0.15, 0.2) is 0 Å². The van der Waals surface area contributed by atoms with Crippen molar-refractivity contribution in [3.05, 3.63) is 76.9 Å². The molecule has 0 fully saturated rings. The van der Waals surface area contributed by atoms with E-state index in [0.717, 1.165) is 28.8 Å². The number of benzene rings is 2. The smallest absolute Gasteiger partial charge is 0.384 e. The number of halogens is 4. The number of carbonyl (C=O) groups is 1. The summed E-state index contributed by atoms with van der Waals surface area (Å²) in [4.78, 5) is 16.2. The molecule has 3 N–H and O–H groups in total. The van der Waals surface area contributed by atoms with E-state index in [1.807, 2.05) is 30.3 Å². The highest BCUT2D eigenvalue weighted by Crippen LogP contribution is 2.36. The number of anilines is 2. The van der Waals surface area contributed by atoms with Crippen molar-refractivity contribution in [1.82, 2.24) is 4.98 Å². The van der Waals surface area contributed by atoms with Crippen molar-refractivity contribution in [3.63, 3.8) is 0 Å². The first-order chi connectivity index (χ1) is 13.7. The number of carbonyl (C=O) groups excluding carboxylic acids is 1.